The van der Waals surface area contributed by atoms with Crippen LogP contribution in [0.3, 0.4) is 0 Å². The van der Waals surface area contributed by atoms with Gasteiger partial charge < -0.3 is 0 Å². The van der Waals surface area contributed by atoms with Crippen molar-refractivity contribution < 1.29 is 25.8 Å². The van der Waals surface area contributed by atoms with Crippen molar-refractivity contribution in [2.75, 3.05) is 6.26 Å². The molecule has 0 aliphatic rings. The molecule has 0 saturated heterocycles. The van der Waals surface area contributed by atoms with E-state index in [0.29, 0.717) is 0 Å². The molecule has 0 bridgehead atoms. The summed E-state index contributed by atoms with van der Waals surface area (Å²) in [6.45, 7) is -0.507. The van der Waals surface area contributed by atoms with Crippen molar-refractivity contribution in [3.8, 4) is 0 Å². The van der Waals surface area contributed by atoms with Crippen LogP contribution in [0.15, 0.2) is 12.3 Å². The van der Waals surface area contributed by atoms with Gasteiger partial charge in [-0.05, 0) is 17.2 Å². The maximum Gasteiger partial charge on any atom is 0.433 e. The van der Waals surface area contributed by atoms with Crippen LogP contribution in [0.4, 0.5) is 13.2 Å². The predicted octanol–water partition coefficient (Wildman–Crippen LogP) is 2.32. The van der Waals surface area contributed by atoms with Gasteiger partial charge >= 0.3 is 6.18 Å². The molecule has 0 saturated carbocycles. The van der Waals surface area contributed by atoms with Crippen molar-refractivity contribution in [2.45, 2.75) is 18.7 Å². The largest absolute Gasteiger partial charge is 0.433 e. The summed E-state index contributed by atoms with van der Waals surface area (Å²) in [5.41, 5.74) is -0.797. The minimum Gasteiger partial charge on any atom is -0.265 e. The first-order valence-electron chi connectivity index (χ1n) is 4.59. The maximum absolute atomic E-state index is 12.4. The molecule has 1 aromatic rings. The third-order valence-corrected chi connectivity index (χ3v) is 2.78. The molecule has 18 heavy (non-hydrogen) atoms. The summed E-state index contributed by atoms with van der Waals surface area (Å²) >= 11 is 5.52. The van der Waals surface area contributed by atoms with E-state index in [1.807, 2.05) is 0 Å². The Kier molecular flexibility index (Phi) is 4.57. The number of hydrogen-bond donors (Lipinski definition) is 0. The highest BCUT2D eigenvalue weighted by Crippen LogP contribution is 2.29. The molecule has 0 amide bonds. The summed E-state index contributed by atoms with van der Waals surface area (Å²) < 4.78 is 63.3. The molecule has 9 heteroatoms. The van der Waals surface area contributed by atoms with Gasteiger partial charge in [-0.25, -0.2) is 0 Å². The van der Waals surface area contributed by atoms with Gasteiger partial charge in [0.05, 0.1) is 12.9 Å². The Morgan fingerprint density at radius 1 is 1.39 bits per heavy atom. The van der Waals surface area contributed by atoms with Crippen molar-refractivity contribution in [3.63, 3.8) is 0 Å². The van der Waals surface area contributed by atoms with Gasteiger partial charge in [0.1, 0.15) is 5.69 Å². The predicted molar refractivity (Wildman–Crippen MR) is 58.4 cm³/mol. The summed E-state index contributed by atoms with van der Waals surface area (Å²) in [6, 6.07) is 0.725. The van der Waals surface area contributed by atoms with Crippen molar-refractivity contribution in [2.24, 2.45) is 0 Å². The molecule has 0 aromatic carbocycles. The van der Waals surface area contributed by atoms with E-state index in [1.165, 1.54) is 0 Å². The van der Waals surface area contributed by atoms with Crippen molar-refractivity contribution in [3.05, 3.63) is 29.1 Å². The highest BCUT2D eigenvalue weighted by Gasteiger charge is 2.33. The van der Waals surface area contributed by atoms with Crippen molar-refractivity contribution in [1.82, 2.24) is 4.98 Å². The van der Waals surface area contributed by atoms with Gasteiger partial charge in [-0.1, -0.05) is 0 Å². The van der Waals surface area contributed by atoms with Gasteiger partial charge in [0, 0.05) is 12.1 Å². The second-order valence-electron chi connectivity index (χ2n) is 3.44. The number of alkyl halides is 4. The molecular formula is C9H9ClF3NO3S. The molecular weight excluding hydrogens is 295 g/mol. The van der Waals surface area contributed by atoms with Gasteiger partial charge in [-0.3, -0.25) is 9.17 Å². The molecule has 0 aliphatic heterocycles. The second-order valence-corrected chi connectivity index (χ2v) is 5.35. The molecule has 4 nitrogen and oxygen atoms in total. The number of nitrogens with zero attached hydrogens (tertiary/aromatic N) is 1. The van der Waals surface area contributed by atoms with E-state index in [0.717, 1.165) is 18.5 Å². The Hall–Kier alpha value is -0.860. The lowest BCUT2D eigenvalue weighted by Crippen LogP contribution is -2.11. The van der Waals surface area contributed by atoms with Gasteiger partial charge in [0.15, 0.2) is 0 Å². The van der Waals surface area contributed by atoms with E-state index in [2.05, 4.69) is 9.17 Å². The summed E-state index contributed by atoms with van der Waals surface area (Å²) in [7, 11) is -3.74. The fourth-order valence-electron chi connectivity index (χ4n) is 1.11. The van der Waals surface area contributed by atoms with Gasteiger partial charge in [0.2, 0.25) is 0 Å². The van der Waals surface area contributed by atoms with Crippen molar-refractivity contribution >= 4 is 21.7 Å². The molecule has 1 aromatic heterocycles. The van der Waals surface area contributed by atoms with E-state index in [9.17, 15) is 21.6 Å². The third-order valence-electron chi connectivity index (χ3n) is 1.95. The van der Waals surface area contributed by atoms with Crippen LogP contribution in [-0.2, 0) is 33.0 Å². The Bertz CT molecular complexity index is 530. The molecule has 0 N–H and O–H groups in total. The topological polar surface area (TPSA) is 56.3 Å². The number of aromatic nitrogens is 1. The molecule has 1 rings (SSSR count). The zero-order valence-corrected chi connectivity index (χ0v) is 10.7. The Morgan fingerprint density at radius 2 is 2.00 bits per heavy atom. The zero-order chi connectivity index (χ0) is 14.0. The first-order valence-corrected chi connectivity index (χ1v) is 6.94. The van der Waals surface area contributed by atoms with Crippen LogP contribution in [0.5, 0.6) is 0 Å². The molecule has 1 heterocycles. The van der Waals surface area contributed by atoms with Crippen LogP contribution in [-0.4, -0.2) is 19.7 Å². The monoisotopic (exact) mass is 303 g/mol. The summed E-state index contributed by atoms with van der Waals surface area (Å²) in [5, 5.41) is 0. The van der Waals surface area contributed by atoms with E-state index in [4.69, 9.17) is 11.6 Å². The first-order chi connectivity index (χ1) is 8.13. The Labute approximate surface area is 107 Å². The normalized spacial score (nSPS) is 12.7. The summed E-state index contributed by atoms with van der Waals surface area (Å²) in [6.07, 6.45) is -2.85. The molecule has 0 radical (unpaired) electrons. The highest BCUT2D eigenvalue weighted by molar-refractivity contribution is 7.85. The number of halogens is 4. The first kappa shape index (κ1) is 15.2. The minimum absolute atomic E-state index is 0.0396. The molecule has 0 spiro atoms. The number of pyridine rings is 1. The van der Waals surface area contributed by atoms with Gasteiger partial charge in [-0.15, -0.1) is 11.6 Å². The number of hydrogen-bond acceptors (Lipinski definition) is 4. The van der Waals surface area contributed by atoms with Crippen LogP contribution in [0.25, 0.3) is 0 Å². The SMILES string of the molecule is CS(=O)(=O)OCc1cc(C(F)(F)F)ncc1CCl. The van der Waals surface area contributed by atoms with Crippen LogP contribution in [0.2, 0.25) is 0 Å². The standard InChI is InChI=1S/C9H9ClF3NO3S/c1-18(15,16)17-5-6-2-8(9(11,12)13)14-4-7(6)3-10/h2,4H,3,5H2,1H3. The number of rotatable bonds is 4. The summed E-state index contributed by atoms with van der Waals surface area (Å²) in [5.74, 6) is -0.0897. The fraction of sp³-hybridized carbons (Fsp3) is 0.444. The van der Waals surface area contributed by atoms with Crippen LogP contribution in [0.1, 0.15) is 16.8 Å². The fourth-order valence-corrected chi connectivity index (χ4v) is 1.69. The molecule has 0 aliphatic carbocycles. The lowest BCUT2D eigenvalue weighted by atomic mass is 10.1. The smallest absolute Gasteiger partial charge is 0.265 e. The lowest BCUT2D eigenvalue weighted by Gasteiger charge is -2.11. The van der Waals surface area contributed by atoms with Crippen LogP contribution in [0, 0.1) is 0 Å². The maximum atomic E-state index is 12.4. The highest BCUT2D eigenvalue weighted by atomic mass is 35.5. The molecule has 0 unspecified atom stereocenters. The molecule has 102 valence electrons. The van der Waals surface area contributed by atoms with Gasteiger partial charge in [-0.2, -0.15) is 21.6 Å². The van der Waals surface area contributed by atoms with Crippen LogP contribution < -0.4 is 0 Å². The average molecular weight is 304 g/mol. The Morgan fingerprint density at radius 3 is 2.44 bits per heavy atom. The average Bonchev–Trinajstić information content (AvgIpc) is 2.23. The zero-order valence-electron chi connectivity index (χ0n) is 9.16. The van der Waals surface area contributed by atoms with E-state index < -0.39 is 28.6 Å². The summed E-state index contributed by atoms with van der Waals surface area (Å²) in [4.78, 5) is 3.21. The lowest BCUT2D eigenvalue weighted by molar-refractivity contribution is -0.141. The van der Waals surface area contributed by atoms with E-state index >= 15 is 0 Å². The second kappa shape index (κ2) is 5.41. The minimum atomic E-state index is -4.61. The quantitative estimate of drug-likeness (QED) is 0.633. The van der Waals surface area contributed by atoms with Crippen LogP contribution >= 0.6 is 11.6 Å². The molecule has 0 atom stereocenters. The Balaban J connectivity index is 3.07. The molecule has 0 fully saturated rings. The van der Waals surface area contributed by atoms with Crippen molar-refractivity contribution in [1.29, 1.82) is 0 Å². The van der Waals surface area contributed by atoms with E-state index in [-0.39, 0.29) is 17.0 Å². The van der Waals surface area contributed by atoms with E-state index in [1.54, 1.807) is 0 Å². The third kappa shape index (κ3) is 4.43. The van der Waals surface area contributed by atoms with Gasteiger partial charge in [0.25, 0.3) is 10.1 Å².